The maximum Gasteiger partial charge on any atom is 0.137 e. The molecule has 0 fully saturated rings. The number of aryl methyl sites for hydroxylation is 1. The zero-order chi connectivity index (χ0) is 11.1. The van der Waals surface area contributed by atoms with Crippen LogP contribution in [0, 0.1) is 6.92 Å². The second-order valence-electron chi connectivity index (χ2n) is 3.74. The number of aromatic nitrogens is 2. The summed E-state index contributed by atoms with van der Waals surface area (Å²) in [7, 11) is 0. The van der Waals surface area contributed by atoms with Gasteiger partial charge in [0.2, 0.25) is 0 Å². The van der Waals surface area contributed by atoms with Crippen LogP contribution < -0.4 is 0 Å². The summed E-state index contributed by atoms with van der Waals surface area (Å²) in [6.07, 6.45) is 4.04. The second kappa shape index (κ2) is 3.61. The van der Waals surface area contributed by atoms with Gasteiger partial charge in [0, 0.05) is 23.3 Å². The van der Waals surface area contributed by atoms with E-state index in [-0.39, 0.29) is 0 Å². The topological polar surface area (TPSA) is 17.3 Å². The number of rotatable bonds is 1. The molecule has 0 saturated heterocycles. The number of hydrogen-bond acceptors (Lipinski definition) is 2. The van der Waals surface area contributed by atoms with Gasteiger partial charge in [0.05, 0.1) is 10.0 Å². The molecular formula is C12H9ClN2S. The van der Waals surface area contributed by atoms with Crippen LogP contribution >= 0.6 is 22.9 Å². The molecule has 0 unspecified atom stereocenters. The van der Waals surface area contributed by atoms with E-state index in [0.717, 1.165) is 21.2 Å². The number of nitrogens with zero attached hydrogens (tertiary/aromatic N) is 2. The fourth-order valence-corrected chi connectivity index (χ4v) is 2.54. The van der Waals surface area contributed by atoms with E-state index in [1.54, 1.807) is 0 Å². The summed E-state index contributed by atoms with van der Waals surface area (Å²) in [4.78, 5) is 4.57. The van der Waals surface area contributed by atoms with E-state index >= 15 is 0 Å². The largest absolute Gasteiger partial charge is 0.306 e. The summed E-state index contributed by atoms with van der Waals surface area (Å²) in [5.41, 5.74) is 4.23. The van der Waals surface area contributed by atoms with Crippen LogP contribution in [0.2, 0.25) is 4.34 Å². The van der Waals surface area contributed by atoms with E-state index in [4.69, 9.17) is 11.6 Å². The van der Waals surface area contributed by atoms with Crippen molar-refractivity contribution in [1.29, 1.82) is 0 Å². The Hall–Kier alpha value is -1.32. The standard InChI is InChI=1S/C12H9ClN2S/c1-8-2-3-15-6-10(14-12(15)4-8)9-5-11(13)16-7-9/h2-7H,1H3. The molecule has 0 aliphatic rings. The van der Waals surface area contributed by atoms with Crippen molar-refractivity contribution in [3.05, 3.63) is 45.9 Å². The minimum absolute atomic E-state index is 0.795. The molecule has 0 aliphatic carbocycles. The van der Waals surface area contributed by atoms with Gasteiger partial charge in [-0.15, -0.1) is 11.3 Å². The quantitative estimate of drug-likeness (QED) is 0.636. The number of pyridine rings is 1. The van der Waals surface area contributed by atoms with Crippen LogP contribution in [0.25, 0.3) is 16.9 Å². The van der Waals surface area contributed by atoms with E-state index in [1.807, 2.05) is 28.2 Å². The molecule has 0 amide bonds. The Morgan fingerprint density at radius 2 is 2.25 bits per heavy atom. The monoisotopic (exact) mass is 248 g/mol. The first-order chi connectivity index (χ1) is 7.72. The van der Waals surface area contributed by atoms with Crippen LogP contribution in [0.1, 0.15) is 5.56 Å². The van der Waals surface area contributed by atoms with E-state index < -0.39 is 0 Å². The highest BCUT2D eigenvalue weighted by atomic mass is 35.5. The highest BCUT2D eigenvalue weighted by molar-refractivity contribution is 7.14. The molecule has 3 heterocycles. The highest BCUT2D eigenvalue weighted by Gasteiger charge is 2.06. The Bertz CT molecular complexity index is 654. The van der Waals surface area contributed by atoms with E-state index in [0.29, 0.717) is 0 Å². The lowest BCUT2D eigenvalue weighted by atomic mass is 10.3. The average Bonchev–Trinajstić information content (AvgIpc) is 2.83. The van der Waals surface area contributed by atoms with Gasteiger partial charge in [-0.2, -0.15) is 0 Å². The predicted octanol–water partition coefficient (Wildman–Crippen LogP) is 4.02. The first kappa shape index (κ1) is 9.87. The molecule has 0 aromatic carbocycles. The maximum atomic E-state index is 5.92. The third-order valence-corrected chi connectivity index (χ3v) is 3.57. The second-order valence-corrected chi connectivity index (χ2v) is 5.28. The lowest BCUT2D eigenvalue weighted by Gasteiger charge is -1.92. The Kier molecular flexibility index (Phi) is 2.23. The molecule has 0 atom stereocenters. The summed E-state index contributed by atoms with van der Waals surface area (Å²) < 4.78 is 2.82. The van der Waals surface area contributed by atoms with Crippen molar-refractivity contribution in [3.63, 3.8) is 0 Å². The van der Waals surface area contributed by atoms with Gasteiger partial charge in [0.15, 0.2) is 0 Å². The lowest BCUT2D eigenvalue weighted by molar-refractivity contribution is 1.17. The summed E-state index contributed by atoms with van der Waals surface area (Å²) >= 11 is 7.45. The van der Waals surface area contributed by atoms with Gasteiger partial charge in [-0.1, -0.05) is 11.6 Å². The van der Waals surface area contributed by atoms with Crippen LogP contribution in [0.5, 0.6) is 0 Å². The van der Waals surface area contributed by atoms with Gasteiger partial charge in [0.1, 0.15) is 5.65 Å². The van der Waals surface area contributed by atoms with Crippen molar-refractivity contribution in [2.75, 3.05) is 0 Å². The van der Waals surface area contributed by atoms with Crippen molar-refractivity contribution in [2.45, 2.75) is 6.92 Å². The third kappa shape index (κ3) is 1.62. The van der Waals surface area contributed by atoms with Crippen molar-refractivity contribution in [3.8, 4) is 11.3 Å². The van der Waals surface area contributed by atoms with Crippen LogP contribution in [0.15, 0.2) is 36.0 Å². The number of halogens is 1. The summed E-state index contributed by atoms with van der Waals surface area (Å²) in [6, 6.07) is 6.08. The minimum atomic E-state index is 0.795. The smallest absolute Gasteiger partial charge is 0.137 e. The number of thiophene rings is 1. The maximum absolute atomic E-state index is 5.92. The van der Waals surface area contributed by atoms with Crippen LogP contribution in [0.3, 0.4) is 0 Å². The van der Waals surface area contributed by atoms with E-state index in [2.05, 4.69) is 24.0 Å². The molecule has 0 aliphatic heterocycles. The summed E-state index contributed by atoms with van der Waals surface area (Å²) in [5.74, 6) is 0. The zero-order valence-corrected chi connectivity index (χ0v) is 10.2. The number of imidazole rings is 1. The normalized spacial score (nSPS) is 11.1. The van der Waals surface area contributed by atoms with Gasteiger partial charge >= 0.3 is 0 Å². The van der Waals surface area contributed by atoms with Crippen molar-refractivity contribution >= 4 is 28.6 Å². The molecule has 0 spiro atoms. The third-order valence-electron chi connectivity index (χ3n) is 2.48. The number of hydrogen-bond donors (Lipinski definition) is 0. The Morgan fingerprint density at radius 3 is 3.00 bits per heavy atom. The molecule has 80 valence electrons. The Balaban J connectivity index is 2.18. The van der Waals surface area contributed by atoms with Crippen LogP contribution in [-0.2, 0) is 0 Å². The first-order valence-corrected chi connectivity index (χ1v) is 6.18. The van der Waals surface area contributed by atoms with E-state index in [1.165, 1.54) is 16.9 Å². The highest BCUT2D eigenvalue weighted by Crippen LogP contribution is 2.28. The molecule has 0 bridgehead atoms. The van der Waals surface area contributed by atoms with Crippen molar-refractivity contribution < 1.29 is 0 Å². The first-order valence-electron chi connectivity index (χ1n) is 4.92. The zero-order valence-electron chi connectivity index (χ0n) is 8.64. The predicted molar refractivity (Wildman–Crippen MR) is 68.3 cm³/mol. The molecule has 3 aromatic rings. The molecule has 3 rings (SSSR count). The van der Waals surface area contributed by atoms with Crippen LogP contribution in [-0.4, -0.2) is 9.38 Å². The van der Waals surface area contributed by atoms with Gasteiger partial charge in [-0.25, -0.2) is 4.98 Å². The van der Waals surface area contributed by atoms with Crippen LogP contribution in [0.4, 0.5) is 0 Å². The minimum Gasteiger partial charge on any atom is -0.306 e. The Morgan fingerprint density at radius 1 is 1.38 bits per heavy atom. The van der Waals surface area contributed by atoms with Crippen molar-refractivity contribution in [1.82, 2.24) is 9.38 Å². The SMILES string of the molecule is Cc1ccn2cc(-c3csc(Cl)c3)nc2c1. The fraction of sp³-hybridized carbons (Fsp3) is 0.0833. The molecule has 0 N–H and O–H groups in total. The van der Waals surface area contributed by atoms with E-state index in [9.17, 15) is 0 Å². The van der Waals surface area contributed by atoms with Gasteiger partial charge in [-0.3, -0.25) is 0 Å². The molecule has 0 saturated carbocycles. The molecule has 4 heteroatoms. The lowest BCUT2D eigenvalue weighted by Crippen LogP contribution is -1.81. The summed E-state index contributed by atoms with van der Waals surface area (Å²) in [5, 5.41) is 2.02. The summed E-state index contributed by atoms with van der Waals surface area (Å²) in [6.45, 7) is 2.07. The number of fused-ring (bicyclic) bond motifs is 1. The molecular weight excluding hydrogens is 240 g/mol. The molecule has 16 heavy (non-hydrogen) atoms. The molecule has 2 nitrogen and oxygen atoms in total. The Labute approximate surface area is 102 Å². The van der Waals surface area contributed by atoms with Crippen molar-refractivity contribution in [2.24, 2.45) is 0 Å². The molecule has 3 aromatic heterocycles. The average molecular weight is 249 g/mol. The van der Waals surface area contributed by atoms with Gasteiger partial charge in [-0.05, 0) is 30.7 Å². The van der Waals surface area contributed by atoms with Gasteiger partial charge < -0.3 is 4.40 Å². The van der Waals surface area contributed by atoms with Gasteiger partial charge in [0.25, 0.3) is 0 Å². The fourth-order valence-electron chi connectivity index (χ4n) is 1.67. The molecule has 0 radical (unpaired) electrons.